The molecule has 0 bridgehead atoms. The lowest BCUT2D eigenvalue weighted by Gasteiger charge is -2.23. The Balaban J connectivity index is 2.42. The minimum atomic E-state index is -0.652. The van der Waals surface area contributed by atoms with Crippen LogP contribution in [0.1, 0.15) is 13.3 Å². The molecule has 5 heteroatoms. The molecule has 2 heterocycles. The fraction of sp³-hybridized carbons (Fsp3) is 0.417. The zero-order chi connectivity index (χ0) is 12.5. The fourth-order valence-electron chi connectivity index (χ4n) is 2.60. The first-order valence-corrected chi connectivity index (χ1v) is 5.65. The number of aliphatic imine (C=N–C) groups is 1. The van der Waals surface area contributed by atoms with Crippen LogP contribution < -0.4 is 0 Å². The molecule has 0 aromatic heterocycles. The highest BCUT2D eigenvalue weighted by atomic mass is 16.6. The van der Waals surface area contributed by atoms with Crippen LogP contribution in [0.2, 0.25) is 12.6 Å². The highest BCUT2D eigenvalue weighted by molar-refractivity contribution is 6.68. The number of carbonyl (C=O) groups excluding carboxylic acids is 1. The van der Waals surface area contributed by atoms with Crippen LogP contribution in [0.25, 0.3) is 0 Å². The van der Waals surface area contributed by atoms with E-state index < -0.39 is 11.6 Å². The van der Waals surface area contributed by atoms with Gasteiger partial charge in [-0.2, -0.15) is 0 Å². The van der Waals surface area contributed by atoms with E-state index in [0.29, 0.717) is 18.4 Å². The van der Waals surface area contributed by atoms with Crippen LogP contribution in [-0.2, 0) is 9.53 Å². The Morgan fingerprint density at radius 3 is 3.00 bits per heavy atom. The van der Waals surface area contributed by atoms with Crippen LogP contribution in [-0.4, -0.2) is 24.5 Å². The third kappa shape index (κ3) is 1.70. The van der Waals surface area contributed by atoms with Gasteiger partial charge in [-0.1, -0.05) is 19.0 Å². The highest BCUT2D eigenvalue weighted by Gasteiger charge is 2.52. The molecule has 2 aliphatic heterocycles. The Morgan fingerprint density at radius 2 is 2.47 bits per heavy atom. The van der Waals surface area contributed by atoms with E-state index in [2.05, 4.69) is 17.5 Å². The van der Waals surface area contributed by atoms with Crippen LogP contribution in [0.5, 0.6) is 0 Å². The van der Waals surface area contributed by atoms with E-state index >= 15 is 0 Å². The number of ether oxygens (including phenoxy) is 1. The maximum atomic E-state index is 11.8. The van der Waals surface area contributed by atoms with Crippen molar-refractivity contribution in [3.05, 3.63) is 23.9 Å². The smallest absolute Gasteiger partial charge is 0.358 e. The summed E-state index contributed by atoms with van der Waals surface area (Å²) in [5.41, 5.74) is 0.417. The second-order valence-corrected chi connectivity index (χ2v) is 4.31. The van der Waals surface area contributed by atoms with Gasteiger partial charge >= 0.3 is 5.97 Å². The third-order valence-electron chi connectivity index (χ3n) is 3.35. The fourth-order valence-corrected chi connectivity index (χ4v) is 2.60. The molecule has 86 valence electrons. The minimum Gasteiger partial charge on any atom is -0.450 e. The predicted molar refractivity (Wildman–Crippen MR) is 65.8 cm³/mol. The molecule has 2 aliphatic rings. The summed E-state index contributed by atoms with van der Waals surface area (Å²) in [6.45, 7) is 5.43. The largest absolute Gasteiger partial charge is 0.450 e. The second-order valence-electron chi connectivity index (χ2n) is 4.31. The van der Waals surface area contributed by atoms with Gasteiger partial charge in [0.25, 0.3) is 6.71 Å². The van der Waals surface area contributed by atoms with Crippen LogP contribution in [0, 0.1) is 11.2 Å². The Morgan fingerprint density at radius 1 is 1.71 bits per heavy atom. The van der Waals surface area contributed by atoms with Crippen molar-refractivity contribution in [3.63, 3.8) is 0 Å². The average Bonchev–Trinajstić information content (AvgIpc) is 2.83. The molecule has 1 atom stereocenters. The molecule has 2 rings (SSSR count). The summed E-state index contributed by atoms with van der Waals surface area (Å²) >= 11 is 0. The number of esters is 1. The van der Waals surface area contributed by atoms with Gasteiger partial charge in [0, 0.05) is 17.8 Å². The quantitative estimate of drug-likeness (QED) is 0.411. The molecule has 1 saturated heterocycles. The van der Waals surface area contributed by atoms with Crippen LogP contribution in [0.15, 0.2) is 28.9 Å². The minimum absolute atomic E-state index is 0.0530. The van der Waals surface area contributed by atoms with Crippen LogP contribution in [0.3, 0.4) is 0 Å². The Kier molecular flexibility index (Phi) is 2.89. The van der Waals surface area contributed by atoms with Crippen molar-refractivity contribution < 1.29 is 9.53 Å². The maximum absolute atomic E-state index is 11.8. The number of nitriles is 1. The first kappa shape index (κ1) is 11.7. The van der Waals surface area contributed by atoms with Crippen molar-refractivity contribution in [1.29, 1.82) is 5.26 Å². The Bertz CT molecular complexity index is 475. The molecule has 0 aliphatic carbocycles. The van der Waals surface area contributed by atoms with Gasteiger partial charge in [0.2, 0.25) is 0 Å². The summed E-state index contributed by atoms with van der Waals surface area (Å²) in [6.07, 6.45) is 5.19. The van der Waals surface area contributed by atoms with Crippen molar-refractivity contribution in [2.75, 3.05) is 0 Å². The number of carbonyl (C=O) groups is 1. The van der Waals surface area contributed by atoms with Gasteiger partial charge in [-0.15, -0.1) is 0 Å². The molecule has 0 N–H and O–H groups in total. The Hall–Kier alpha value is -1.83. The van der Waals surface area contributed by atoms with E-state index in [-0.39, 0.29) is 6.71 Å². The monoisotopic (exact) mass is 228 g/mol. The number of hydrogen-bond donors (Lipinski definition) is 0. The predicted octanol–water partition coefficient (Wildman–Crippen LogP) is 1.77. The zero-order valence-corrected chi connectivity index (χ0v) is 9.77. The summed E-state index contributed by atoms with van der Waals surface area (Å²) in [5, 5.41) is 8.94. The molecule has 0 radical (unpaired) electrons. The van der Waals surface area contributed by atoms with Gasteiger partial charge in [0.1, 0.15) is 5.60 Å². The summed E-state index contributed by atoms with van der Waals surface area (Å²) in [5.74, 6) is 1.83. The molecular weight excluding hydrogens is 215 g/mol. The Labute approximate surface area is 101 Å². The molecule has 4 nitrogen and oxygen atoms in total. The summed E-state index contributed by atoms with van der Waals surface area (Å²) in [4.78, 5) is 15.8. The highest BCUT2D eigenvalue weighted by Crippen LogP contribution is 2.46. The number of nitrogens with zero attached hydrogens (tertiary/aromatic N) is 2. The molecule has 1 spiro atoms. The summed E-state index contributed by atoms with van der Waals surface area (Å²) in [6, 6.07) is 0. The zero-order valence-electron chi connectivity index (χ0n) is 9.77. The van der Waals surface area contributed by atoms with Gasteiger partial charge in [-0.05, 0) is 19.7 Å². The first-order chi connectivity index (χ1) is 8.16. The summed E-state index contributed by atoms with van der Waals surface area (Å²) < 4.78 is 5.46. The molecule has 1 unspecified atom stereocenters. The lowest BCUT2D eigenvalue weighted by molar-refractivity contribution is -0.145. The van der Waals surface area contributed by atoms with Gasteiger partial charge in [0.15, 0.2) is 5.70 Å². The van der Waals surface area contributed by atoms with Gasteiger partial charge < -0.3 is 4.74 Å². The van der Waals surface area contributed by atoms with Crippen molar-refractivity contribution in [2.24, 2.45) is 4.99 Å². The van der Waals surface area contributed by atoms with E-state index in [9.17, 15) is 4.79 Å². The van der Waals surface area contributed by atoms with Gasteiger partial charge in [-0.25, -0.2) is 10.1 Å². The summed E-state index contributed by atoms with van der Waals surface area (Å²) in [7, 11) is 0. The topological polar surface area (TPSA) is 62.4 Å². The maximum Gasteiger partial charge on any atom is 0.358 e. The average molecular weight is 228 g/mol. The molecule has 0 saturated carbocycles. The van der Waals surface area contributed by atoms with Crippen molar-refractivity contribution in [3.8, 4) is 5.97 Å². The molecule has 0 amide bonds. The molecular formula is C12H13BN2O2. The van der Waals surface area contributed by atoms with E-state index in [1.807, 2.05) is 0 Å². The molecule has 0 aromatic rings. The second kappa shape index (κ2) is 4.21. The van der Waals surface area contributed by atoms with Crippen molar-refractivity contribution >= 4 is 18.9 Å². The van der Waals surface area contributed by atoms with Crippen LogP contribution in [0.4, 0.5) is 0 Å². The lowest BCUT2D eigenvalue weighted by Crippen LogP contribution is -2.28. The van der Waals surface area contributed by atoms with E-state index in [0.717, 1.165) is 11.9 Å². The van der Waals surface area contributed by atoms with Crippen LogP contribution >= 0.6 is 0 Å². The van der Waals surface area contributed by atoms with Gasteiger partial charge in [-0.3, -0.25) is 4.99 Å². The number of rotatable bonds is 2. The van der Waals surface area contributed by atoms with Gasteiger partial charge in [0.05, 0.1) is 0 Å². The van der Waals surface area contributed by atoms with Crippen molar-refractivity contribution in [1.82, 2.24) is 0 Å². The molecule has 17 heavy (non-hydrogen) atoms. The first-order valence-electron chi connectivity index (χ1n) is 5.65. The van der Waals surface area contributed by atoms with E-state index in [1.54, 1.807) is 19.2 Å². The third-order valence-corrected chi connectivity index (χ3v) is 3.35. The molecule has 0 aromatic carbocycles. The van der Waals surface area contributed by atoms with E-state index in [1.165, 1.54) is 0 Å². The number of hydrogen-bond acceptors (Lipinski definition) is 4. The molecule has 1 fully saturated rings. The van der Waals surface area contributed by atoms with Crippen molar-refractivity contribution in [2.45, 2.75) is 31.6 Å². The lowest BCUT2D eigenvalue weighted by atomic mass is 9.49. The standard InChI is InChI=1S/C12H13BN2O2/c1-3-9-10(15-4-2)11(16)17-12(9)5-6-13(7-12)8-14/h3-4H,1,5-7H2,2H3. The normalized spacial score (nSPS) is 28.0. The SMILES string of the molecule is C=CC1=C(N=CC)C(=O)OC12CCB(C#N)C2. The van der Waals surface area contributed by atoms with E-state index in [4.69, 9.17) is 10.00 Å².